The van der Waals surface area contributed by atoms with E-state index in [1.54, 1.807) is 12.1 Å². The molecule has 1 fully saturated rings. The number of nitrogens with one attached hydrogen (secondary N) is 2. The van der Waals surface area contributed by atoms with Crippen LogP contribution in [0.15, 0.2) is 42.2 Å². The Morgan fingerprint density at radius 2 is 2.11 bits per heavy atom. The Bertz CT molecular complexity index is 1140. The fraction of sp³-hybridized carbons (Fsp3) is 0.385. The zero-order valence-electron chi connectivity index (χ0n) is 19.9. The van der Waals surface area contributed by atoms with Crippen molar-refractivity contribution in [1.82, 2.24) is 15.2 Å². The van der Waals surface area contributed by atoms with E-state index in [2.05, 4.69) is 20.5 Å². The number of pyridine rings is 1. The first-order valence-corrected chi connectivity index (χ1v) is 12.3. The first kappa shape index (κ1) is 25.0. The average Bonchev–Trinajstić information content (AvgIpc) is 2.87. The van der Waals surface area contributed by atoms with Crippen LogP contribution in [0.4, 0.5) is 10.2 Å². The van der Waals surface area contributed by atoms with Gasteiger partial charge in [0.05, 0.1) is 12.2 Å². The Kier molecular flexibility index (Phi) is 8.25. The number of carbonyl (C=O) groups is 1. The zero-order chi connectivity index (χ0) is 24.8. The highest BCUT2D eigenvalue weighted by Crippen LogP contribution is 2.38. The molecular weight excluding hydrogens is 469 g/mol. The number of fused-ring (bicyclic) bond motifs is 1. The maximum atomic E-state index is 14.6. The van der Waals surface area contributed by atoms with Gasteiger partial charge < -0.3 is 26.0 Å². The maximum Gasteiger partial charge on any atom is 0.225 e. The molecule has 1 aromatic carbocycles. The number of allylic oxidation sites excluding steroid dienone is 3. The summed E-state index contributed by atoms with van der Waals surface area (Å²) in [4.78, 5) is 19.4. The van der Waals surface area contributed by atoms with Gasteiger partial charge in [0.15, 0.2) is 11.6 Å². The Morgan fingerprint density at radius 3 is 2.89 bits per heavy atom. The maximum absolute atomic E-state index is 14.6. The van der Waals surface area contributed by atoms with Gasteiger partial charge in [-0.15, -0.1) is 0 Å². The predicted octanol–water partition coefficient (Wildman–Crippen LogP) is 4.54. The number of benzene rings is 1. The second-order valence-electron chi connectivity index (χ2n) is 8.78. The highest BCUT2D eigenvalue weighted by molar-refractivity contribution is 6.30. The summed E-state index contributed by atoms with van der Waals surface area (Å²) in [5, 5.41) is 6.56. The zero-order valence-corrected chi connectivity index (χ0v) is 20.6. The van der Waals surface area contributed by atoms with E-state index in [9.17, 15) is 9.18 Å². The number of hydrogen-bond donors (Lipinski definition) is 3. The monoisotopic (exact) mass is 499 g/mol. The Morgan fingerprint density at radius 1 is 1.31 bits per heavy atom. The lowest BCUT2D eigenvalue weighted by Gasteiger charge is -2.26. The lowest BCUT2D eigenvalue weighted by Crippen LogP contribution is -2.33. The molecule has 0 atom stereocenters. The molecule has 4 N–H and O–H groups in total. The number of nitrogens with zero attached hydrogens (tertiary/aromatic N) is 2. The van der Waals surface area contributed by atoms with E-state index >= 15 is 0 Å². The van der Waals surface area contributed by atoms with Crippen LogP contribution in [0.3, 0.4) is 0 Å². The molecule has 3 heterocycles. The Hall–Kier alpha value is -3.10. The summed E-state index contributed by atoms with van der Waals surface area (Å²) in [5.74, 6) is 0.547. The number of rotatable bonds is 7. The number of piperidine rings is 1. The van der Waals surface area contributed by atoms with Gasteiger partial charge in [-0.1, -0.05) is 18.0 Å². The smallest absolute Gasteiger partial charge is 0.225 e. The summed E-state index contributed by atoms with van der Waals surface area (Å²) >= 11 is 6.11. The third-order valence-corrected chi connectivity index (χ3v) is 6.36. The third-order valence-electron chi connectivity index (χ3n) is 6.12. The molecule has 1 amide bonds. The van der Waals surface area contributed by atoms with Gasteiger partial charge in [-0.2, -0.15) is 0 Å². The van der Waals surface area contributed by atoms with Crippen molar-refractivity contribution in [3.05, 3.63) is 58.6 Å². The van der Waals surface area contributed by atoms with Crippen LogP contribution < -0.4 is 21.1 Å². The second-order valence-corrected chi connectivity index (χ2v) is 9.22. The fourth-order valence-electron chi connectivity index (χ4n) is 4.38. The number of carbonyl (C=O) groups excluding carboxylic acids is 1. The van der Waals surface area contributed by atoms with E-state index in [1.165, 1.54) is 43.7 Å². The van der Waals surface area contributed by atoms with Crippen molar-refractivity contribution in [3.63, 3.8) is 0 Å². The van der Waals surface area contributed by atoms with Gasteiger partial charge in [-0.3, -0.25) is 4.79 Å². The molecular formula is C26H31ClFN5O2. The third kappa shape index (κ3) is 6.32. The Labute approximate surface area is 210 Å². The number of likely N-dealkylation sites (tertiary alicyclic amines) is 1. The molecule has 0 spiro atoms. The molecule has 2 aromatic rings. The highest BCUT2D eigenvalue weighted by Gasteiger charge is 2.21. The van der Waals surface area contributed by atoms with Crippen molar-refractivity contribution >= 4 is 28.9 Å². The molecule has 2 aliphatic rings. The van der Waals surface area contributed by atoms with Gasteiger partial charge >= 0.3 is 0 Å². The molecule has 1 aromatic heterocycles. The molecule has 0 radical (unpaired) electrons. The molecule has 9 heteroatoms. The van der Waals surface area contributed by atoms with E-state index in [0.29, 0.717) is 58.7 Å². The molecule has 35 heavy (non-hydrogen) atoms. The molecule has 0 saturated carbocycles. The number of nitrogens with two attached hydrogens (primary N) is 1. The van der Waals surface area contributed by atoms with Crippen molar-refractivity contribution in [3.8, 4) is 17.0 Å². The molecule has 0 bridgehead atoms. The predicted molar refractivity (Wildman–Crippen MR) is 138 cm³/mol. The largest absolute Gasteiger partial charge is 0.487 e. The van der Waals surface area contributed by atoms with Crippen LogP contribution in [0.2, 0.25) is 5.02 Å². The van der Waals surface area contributed by atoms with E-state index < -0.39 is 5.82 Å². The van der Waals surface area contributed by atoms with Crippen molar-refractivity contribution < 1.29 is 13.9 Å². The van der Waals surface area contributed by atoms with Crippen LogP contribution in [0, 0.1) is 5.82 Å². The normalized spacial score (nSPS) is 16.8. The number of hydrogen-bond acceptors (Lipinski definition) is 6. The number of halogens is 2. The quantitative estimate of drug-likeness (QED) is 0.484. The fourth-order valence-corrected chi connectivity index (χ4v) is 4.55. The van der Waals surface area contributed by atoms with E-state index in [0.717, 1.165) is 19.6 Å². The summed E-state index contributed by atoms with van der Waals surface area (Å²) in [6.07, 6.45) is 7.31. The molecule has 2 aliphatic heterocycles. The van der Waals surface area contributed by atoms with E-state index in [1.807, 2.05) is 6.92 Å². The standard InChI is InChI=1S/C26H31ClFN5O2/c1-17(31-24(34)7-11-33-9-3-2-4-10-33)13-18(16-29)20-15-23(21-14-19(27)5-6-22(21)28)32-26-25(20)35-12-8-30-26/h5-6,13-16H,2-4,7-12,29H2,1H3,(H,30,32)(H,31,34)/b17-13+,18-16+. The topological polar surface area (TPSA) is 92.5 Å². The second kappa shape index (κ2) is 11.6. The highest BCUT2D eigenvalue weighted by atomic mass is 35.5. The van der Waals surface area contributed by atoms with Crippen molar-refractivity contribution in [2.75, 3.05) is 38.1 Å². The van der Waals surface area contributed by atoms with Crippen LogP contribution in [0.25, 0.3) is 16.8 Å². The van der Waals surface area contributed by atoms with E-state index in [4.69, 9.17) is 22.1 Å². The van der Waals surface area contributed by atoms with Crippen LogP contribution in [-0.4, -0.2) is 48.6 Å². The van der Waals surface area contributed by atoms with Gasteiger partial charge in [-0.05, 0) is 63.2 Å². The number of ether oxygens (including phenoxy) is 1. The SMILES string of the molecule is C/C(=C\C(=C/N)c1cc(-c2cc(Cl)ccc2F)nc2c1OCCN2)NC(=O)CCN1CCCCC1. The first-order valence-electron chi connectivity index (χ1n) is 11.9. The van der Waals surface area contributed by atoms with Crippen molar-refractivity contribution in [2.24, 2.45) is 5.73 Å². The molecule has 0 aliphatic carbocycles. The molecule has 186 valence electrons. The minimum absolute atomic E-state index is 0.0444. The van der Waals surface area contributed by atoms with Gasteiger partial charge in [-0.25, -0.2) is 9.37 Å². The van der Waals surface area contributed by atoms with Gasteiger partial charge in [0, 0.05) is 46.6 Å². The summed E-state index contributed by atoms with van der Waals surface area (Å²) in [5.41, 5.74) is 8.57. The van der Waals surface area contributed by atoms with Crippen molar-refractivity contribution in [2.45, 2.75) is 32.6 Å². The van der Waals surface area contributed by atoms with E-state index in [-0.39, 0.29) is 11.5 Å². The lowest BCUT2D eigenvalue weighted by atomic mass is 10.0. The minimum atomic E-state index is -0.435. The summed E-state index contributed by atoms with van der Waals surface area (Å²) in [6.45, 7) is 5.71. The van der Waals surface area contributed by atoms with Gasteiger partial charge in [0.25, 0.3) is 0 Å². The molecule has 4 rings (SSSR count). The van der Waals surface area contributed by atoms with Crippen LogP contribution in [0.5, 0.6) is 5.75 Å². The van der Waals surface area contributed by atoms with Crippen molar-refractivity contribution in [1.29, 1.82) is 0 Å². The first-order chi connectivity index (χ1) is 16.9. The van der Waals surface area contributed by atoms with Crippen LogP contribution in [-0.2, 0) is 4.79 Å². The summed E-state index contributed by atoms with van der Waals surface area (Å²) in [7, 11) is 0. The molecule has 0 unspecified atom stereocenters. The average molecular weight is 500 g/mol. The summed E-state index contributed by atoms with van der Waals surface area (Å²) in [6, 6.07) is 6.06. The lowest BCUT2D eigenvalue weighted by molar-refractivity contribution is -0.120. The molecule has 1 saturated heterocycles. The van der Waals surface area contributed by atoms with Gasteiger partial charge in [0.2, 0.25) is 5.91 Å². The number of aromatic nitrogens is 1. The minimum Gasteiger partial charge on any atom is -0.487 e. The van der Waals surface area contributed by atoms with Crippen LogP contribution in [0.1, 0.15) is 38.2 Å². The van der Waals surface area contributed by atoms with Gasteiger partial charge in [0.1, 0.15) is 12.4 Å². The Balaban J connectivity index is 1.57. The number of anilines is 1. The number of amides is 1. The summed E-state index contributed by atoms with van der Waals surface area (Å²) < 4.78 is 20.5. The van der Waals surface area contributed by atoms with Crippen LogP contribution >= 0.6 is 11.6 Å². The molecule has 7 nitrogen and oxygen atoms in total.